The number of carbonyl (C=O) groups is 2. The summed E-state index contributed by atoms with van der Waals surface area (Å²) >= 11 is 0. The van der Waals surface area contributed by atoms with Gasteiger partial charge >= 0.3 is 0 Å². The Bertz CT molecular complexity index is 872. The van der Waals surface area contributed by atoms with Gasteiger partial charge in [-0.15, -0.1) is 0 Å². The van der Waals surface area contributed by atoms with Crippen molar-refractivity contribution in [2.24, 2.45) is 5.92 Å². The number of methoxy groups -OCH3 is 1. The number of nitrogens with zero attached hydrogens (tertiary/aromatic N) is 1. The molecule has 1 fully saturated rings. The standard InChI is InChI=1S/C24H31N3O3/c1-17-4-9-22(18(2)14-17)26-23(28)16-27-12-10-20(11-13-27)24(29)25-15-19-5-7-21(30-3)8-6-19/h4-9,14,20H,10-13,15-16H2,1-3H3,(H,25,29)(H,26,28). The lowest BCUT2D eigenvalue weighted by molar-refractivity contribution is -0.126. The topological polar surface area (TPSA) is 70.7 Å². The minimum Gasteiger partial charge on any atom is -0.497 e. The van der Waals surface area contributed by atoms with Crippen LogP contribution < -0.4 is 15.4 Å². The first-order valence-electron chi connectivity index (χ1n) is 10.4. The van der Waals surface area contributed by atoms with E-state index in [0.717, 1.165) is 48.5 Å². The molecule has 6 nitrogen and oxygen atoms in total. The van der Waals surface area contributed by atoms with Crippen LogP contribution in [0.5, 0.6) is 5.75 Å². The number of rotatable bonds is 7. The highest BCUT2D eigenvalue weighted by Gasteiger charge is 2.25. The molecular formula is C24H31N3O3. The minimum atomic E-state index is -0.00985. The Balaban J connectivity index is 1.40. The lowest BCUT2D eigenvalue weighted by atomic mass is 9.96. The molecule has 3 rings (SSSR count). The van der Waals surface area contributed by atoms with Crippen molar-refractivity contribution in [1.82, 2.24) is 10.2 Å². The van der Waals surface area contributed by atoms with Gasteiger partial charge < -0.3 is 15.4 Å². The first-order chi connectivity index (χ1) is 14.4. The van der Waals surface area contributed by atoms with Crippen molar-refractivity contribution in [1.29, 1.82) is 0 Å². The smallest absolute Gasteiger partial charge is 0.238 e. The molecule has 0 aromatic heterocycles. The molecule has 2 amide bonds. The molecule has 1 heterocycles. The molecule has 2 aromatic rings. The van der Waals surface area contributed by atoms with Crippen molar-refractivity contribution >= 4 is 17.5 Å². The van der Waals surface area contributed by atoms with E-state index in [2.05, 4.69) is 21.6 Å². The Morgan fingerprint density at radius 2 is 1.77 bits per heavy atom. The van der Waals surface area contributed by atoms with E-state index in [1.165, 1.54) is 5.56 Å². The molecule has 6 heteroatoms. The highest BCUT2D eigenvalue weighted by Crippen LogP contribution is 2.19. The highest BCUT2D eigenvalue weighted by molar-refractivity contribution is 5.93. The molecule has 1 saturated heterocycles. The Hall–Kier alpha value is -2.86. The van der Waals surface area contributed by atoms with E-state index in [-0.39, 0.29) is 17.7 Å². The highest BCUT2D eigenvalue weighted by atomic mass is 16.5. The molecule has 0 atom stereocenters. The first-order valence-corrected chi connectivity index (χ1v) is 10.4. The minimum absolute atomic E-state index is 0.00176. The molecular weight excluding hydrogens is 378 g/mol. The number of amides is 2. The molecule has 2 N–H and O–H groups in total. The average Bonchev–Trinajstić information content (AvgIpc) is 2.75. The molecule has 1 aliphatic heterocycles. The quantitative estimate of drug-likeness (QED) is 0.736. The van der Waals surface area contributed by atoms with E-state index in [0.29, 0.717) is 13.1 Å². The lowest BCUT2D eigenvalue weighted by Gasteiger charge is -2.30. The number of anilines is 1. The van der Waals surface area contributed by atoms with Gasteiger partial charge in [0, 0.05) is 18.2 Å². The van der Waals surface area contributed by atoms with E-state index in [9.17, 15) is 9.59 Å². The molecule has 1 aliphatic rings. The molecule has 160 valence electrons. The summed E-state index contributed by atoms with van der Waals surface area (Å²) < 4.78 is 5.15. The number of ether oxygens (including phenoxy) is 1. The van der Waals surface area contributed by atoms with E-state index in [1.54, 1.807) is 7.11 Å². The Morgan fingerprint density at radius 1 is 1.07 bits per heavy atom. The molecule has 0 spiro atoms. The second-order valence-corrected chi connectivity index (χ2v) is 7.98. The van der Waals surface area contributed by atoms with Crippen molar-refractivity contribution in [3.8, 4) is 5.75 Å². The van der Waals surface area contributed by atoms with Crippen molar-refractivity contribution < 1.29 is 14.3 Å². The molecule has 0 aliphatic carbocycles. The molecule has 30 heavy (non-hydrogen) atoms. The Kier molecular flexibility index (Phi) is 7.46. The van der Waals surface area contributed by atoms with Crippen molar-refractivity contribution in [2.45, 2.75) is 33.2 Å². The van der Waals surface area contributed by atoms with Crippen LogP contribution in [0.4, 0.5) is 5.69 Å². The number of piperidine rings is 1. The number of hydrogen-bond donors (Lipinski definition) is 2. The van der Waals surface area contributed by atoms with Crippen LogP contribution >= 0.6 is 0 Å². The van der Waals surface area contributed by atoms with Crippen LogP contribution in [0.3, 0.4) is 0 Å². The summed E-state index contributed by atoms with van der Waals surface area (Å²) in [5, 5.41) is 6.02. The third kappa shape index (κ3) is 6.07. The third-order valence-electron chi connectivity index (χ3n) is 5.61. The predicted molar refractivity (Wildman–Crippen MR) is 119 cm³/mol. The van der Waals surface area contributed by atoms with Gasteiger partial charge in [0.25, 0.3) is 0 Å². The van der Waals surface area contributed by atoms with Gasteiger partial charge in [0.1, 0.15) is 5.75 Å². The zero-order valence-corrected chi connectivity index (χ0v) is 18.0. The summed E-state index contributed by atoms with van der Waals surface area (Å²) in [5.41, 5.74) is 4.15. The van der Waals surface area contributed by atoms with Gasteiger partial charge in [-0.3, -0.25) is 14.5 Å². The number of aryl methyl sites for hydroxylation is 2. The summed E-state index contributed by atoms with van der Waals surface area (Å²) in [5.74, 6) is 0.885. The monoisotopic (exact) mass is 409 g/mol. The SMILES string of the molecule is COc1ccc(CNC(=O)C2CCN(CC(=O)Nc3ccc(C)cc3C)CC2)cc1. The fraction of sp³-hybridized carbons (Fsp3) is 0.417. The molecule has 0 radical (unpaired) electrons. The van der Waals surface area contributed by atoms with Crippen molar-refractivity contribution in [3.05, 3.63) is 59.2 Å². The van der Waals surface area contributed by atoms with Crippen LogP contribution in [0.2, 0.25) is 0 Å². The van der Waals surface area contributed by atoms with Gasteiger partial charge in [-0.25, -0.2) is 0 Å². The molecule has 0 unspecified atom stereocenters. The fourth-order valence-corrected chi connectivity index (χ4v) is 3.78. The van der Waals surface area contributed by atoms with Gasteiger partial charge in [-0.1, -0.05) is 29.8 Å². The maximum absolute atomic E-state index is 12.5. The first kappa shape index (κ1) is 21.8. The number of likely N-dealkylation sites (tertiary alicyclic amines) is 1. The number of carbonyl (C=O) groups excluding carboxylic acids is 2. The normalized spacial score (nSPS) is 14.9. The summed E-state index contributed by atoms with van der Waals surface area (Å²) in [4.78, 5) is 27.0. The number of hydrogen-bond acceptors (Lipinski definition) is 4. The zero-order valence-electron chi connectivity index (χ0n) is 18.0. The van der Waals surface area contributed by atoms with E-state index in [4.69, 9.17) is 4.74 Å². The van der Waals surface area contributed by atoms with Crippen LogP contribution in [-0.2, 0) is 16.1 Å². The van der Waals surface area contributed by atoms with Gasteiger partial charge in [-0.05, 0) is 69.1 Å². The summed E-state index contributed by atoms with van der Waals surface area (Å²) in [6.45, 7) is 6.41. The van der Waals surface area contributed by atoms with E-state index in [1.807, 2.05) is 50.2 Å². The van der Waals surface area contributed by atoms with E-state index < -0.39 is 0 Å². The summed E-state index contributed by atoms with van der Waals surface area (Å²) in [7, 11) is 1.64. The maximum Gasteiger partial charge on any atom is 0.238 e. The average molecular weight is 410 g/mol. The summed E-state index contributed by atoms with van der Waals surface area (Å²) in [6.07, 6.45) is 1.54. The molecule has 2 aromatic carbocycles. The largest absolute Gasteiger partial charge is 0.497 e. The van der Waals surface area contributed by atoms with Crippen LogP contribution in [0.25, 0.3) is 0 Å². The van der Waals surface area contributed by atoms with Crippen LogP contribution in [0, 0.1) is 19.8 Å². The Morgan fingerprint density at radius 3 is 2.40 bits per heavy atom. The second kappa shape index (κ2) is 10.3. The third-order valence-corrected chi connectivity index (χ3v) is 5.61. The van der Waals surface area contributed by atoms with Crippen molar-refractivity contribution in [2.75, 3.05) is 32.1 Å². The maximum atomic E-state index is 12.5. The van der Waals surface area contributed by atoms with Gasteiger partial charge in [0.2, 0.25) is 11.8 Å². The fourth-order valence-electron chi connectivity index (χ4n) is 3.78. The number of benzene rings is 2. The van der Waals surface area contributed by atoms with Gasteiger partial charge in [0.15, 0.2) is 0 Å². The second-order valence-electron chi connectivity index (χ2n) is 7.98. The molecule has 0 bridgehead atoms. The van der Waals surface area contributed by atoms with Gasteiger partial charge in [-0.2, -0.15) is 0 Å². The summed E-state index contributed by atoms with van der Waals surface area (Å²) in [6, 6.07) is 13.7. The van der Waals surface area contributed by atoms with Crippen LogP contribution in [-0.4, -0.2) is 43.5 Å². The number of nitrogens with one attached hydrogen (secondary N) is 2. The lowest BCUT2D eigenvalue weighted by Crippen LogP contribution is -2.43. The zero-order chi connectivity index (χ0) is 21.5. The van der Waals surface area contributed by atoms with Crippen molar-refractivity contribution in [3.63, 3.8) is 0 Å². The van der Waals surface area contributed by atoms with E-state index >= 15 is 0 Å². The predicted octanol–water partition coefficient (Wildman–Crippen LogP) is 3.28. The van der Waals surface area contributed by atoms with Crippen LogP contribution in [0.15, 0.2) is 42.5 Å². The van der Waals surface area contributed by atoms with Crippen LogP contribution in [0.1, 0.15) is 29.5 Å². The Labute approximate surface area is 178 Å². The van der Waals surface area contributed by atoms with Gasteiger partial charge in [0.05, 0.1) is 13.7 Å². The molecule has 0 saturated carbocycles.